The molecule has 1 saturated heterocycles. The number of guanidine groups is 1. The number of rotatable bonds is 7. The molecular formula is C22H34N4O2S. The number of amides is 1. The topological polar surface area (TPSA) is 73.8 Å². The predicted molar refractivity (Wildman–Crippen MR) is 121 cm³/mol. The van der Waals surface area contributed by atoms with Gasteiger partial charge in [0.1, 0.15) is 0 Å². The second kappa shape index (κ2) is 10.8. The molecule has 3 rings (SSSR count). The van der Waals surface area contributed by atoms with E-state index in [9.17, 15) is 9.00 Å². The molecule has 0 radical (unpaired) electrons. The van der Waals surface area contributed by atoms with Crippen LogP contribution < -0.4 is 15.5 Å². The van der Waals surface area contributed by atoms with Crippen molar-refractivity contribution < 1.29 is 9.00 Å². The third-order valence-electron chi connectivity index (χ3n) is 5.71. The molecule has 3 atom stereocenters. The smallest absolute Gasteiger partial charge is 0.227 e. The Kier molecular flexibility index (Phi) is 8.09. The maximum atomic E-state index is 12.2. The van der Waals surface area contributed by atoms with Crippen LogP contribution in [0.25, 0.3) is 0 Å². The highest BCUT2D eigenvalue weighted by molar-refractivity contribution is 7.85. The number of nitrogens with one attached hydrogen (secondary N) is 2. The highest BCUT2D eigenvalue weighted by atomic mass is 32.2. The lowest BCUT2D eigenvalue weighted by Crippen LogP contribution is -2.46. The molecule has 0 spiro atoms. The van der Waals surface area contributed by atoms with Gasteiger partial charge in [-0.15, -0.1) is 0 Å². The molecule has 2 N–H and O–H groups in total. The summed E-state index contributed by atoms with van der Waals surface area (Å²) < 4.78 is 12.2. The molecule has 3 unspecified atom stereocenters. The van der Waals surface area contributed by atoms with Gasteiger partial charge < -0.3 is 15.5 Å². The zero-order valence-corrected chi connectivity index (χ0v) is 18.5. The van der Waals surface area contributed by atoms with E-state index in [0.717, 1.165) is 68.2 Å². The highest BCUT2D eigenvalue weighted by Crippen LogP contribution is 2.23. The van der Waals surface area contributed by atoms with E-state index >= 15 is 0 Å². The number of hydrogen-bond donors (Lipinski definition) is 2. The first-order valence-electron chi connectivity index (χ1n) is 10.9. The minimum absolute atomic E-state index is 0.212. The molecule has 1 amide bonds. The van der Waals surface area contributed by atoms with E-state index in [1.54, 1.807) is 0 Å². The van der Waals surface area contributed by atoms with Crippen molar-refractivity contribution in [2.45, 2.75) is 70.2 Å². The van der Waals surface area contributed by atoms with Gasteiger partial charge in [-0.2, -0.15) is 0 Å². The molecule has 0 aromatic heterocycles. The first-order chi connectivity index (χ1) is 14.1. The molecular weight excluding hydrogens is 384 g/mol. The predicted octanol–water partition coefficient (Wildman–Crippen LogP) is 2.95. The van der Waals surface area contributed by atoms with Gasteiger partial charge in [-0.25, -0.2) is 4.99 Å². The number of benzene rings is 1. The van der Waals surface area contributed by atoms with E-state index in [2.05, 4.69) is 29.7 Å². The molecule has 1 aromatic carbocycles. The first kappa shape index (κ1) is 21.8. The summed E-state index contributed by atoms with van der Waals surface area (Å²) in [7, 11) is -0.721. The van der Waals surface area contributed by atoms with Crippen LogP contribution in [0.15, 0.2) is 29.3 Å². The fourth-order valence-corrected chi connectivity index (χ4v) is 5.48. The van der Waals surface area contributed by atoms with E-state index in [1.165, 1.54) is 0 Å². The van der Waals surface area contributed by atoms with E-state index in [1.807, 2.05) is 24.0 Å². The number of anilines is 1. The lowest BCUT2D eigenvalue weighted by molar-refractivity contribution is -0.117. The lowest BCUT2D eigenvalue weighted by Gasteiger charge is -2.30. The standard InChI is InChI=1S/C22H34N4O2S/c1-3-23-22(25-18-7-5-8-20(15-18)29(28)4-2)24-16-17-10-12-19(13-11-17)26-14-6-9-21(26)27/h10-13,18,20H,3-9,14-16H2,1-2H3,(H2,23,24,25). The van der Waals surface area contributed by atoms with Crippen LogP contribution in [0.5, 0.6) is 0 Å². The second-order valence-electron chi connectivity index (χ2n) is 7.81. The molecule has 1 aromatic rings. The van der Waals surface area contributed by atoms with Crippen LogP contribution in [-0.2, 0) is 22.1 Å². The fraction of sp³-hybridized carbons (Fsp3) is 0.636. The molecule has 6 nitrogen and oxygen atoms in total. The minimum atomic E-state index is -0.721. The Labute approximate surface area is 177 Å². The van der Waals surface area contributed by atoms with Crippen LogP contribution in [0.3, 0.4) is 0 Å². The number of nitrogens with zero attached hydrogens (tertiary/aromatic N) is 2. The molecule has 1 aliphatic carbocycles. The minimum Gasteiger partial charge on any atom is -0.357 e. The summed E-state index contributed by atoms with van der Waals surface area (Å²) >= 11 is 0. The van der Waals surface area contributed by atoms with Gasteiger partial charge in [0.25, 0.3) is 0 Å². The number of hydrogen-bond acceptors (Lipinski definition) is 3. The number of carbonyl (C=O) groups is 1. The van der Waals surface area contributed by atoms with Crippen LogP contribution in [0.1, 0.15) is 57.9 Å². The quantitative estimate of drug-likeness (QED) is 0.527. The van der Waals surface area contributed by atoms with Crippen molar-refractivity contribution in [1.82, 2.24) is 10.6 Å². The molecule has 2 aliphatic rings. The van der Waals surface area contributed by atoms with Crippen molar-refractivity contribution in [2.75, 3.05) is 23.7 Å². The normalized spacial score (nSPS) is 23.9. The van der Waals surface area contributed by atoms with Crippen LogP contribution in [0.2, 0.25) is 0 Å². The summed E-state index contributed by atoms with van der Waals surface area (Å²) in [6, 6.07) is 8.45. The Bertz CT molecular complexity index is 735. The summed E-state index contributed by atoms with van der Waals surface area (Å²) in [5.41, 5.74) is 2.09. The molecule has 1 aliphatic heterocycles. The molecule has 7 heteroatoms. The molecule has 29 heavy (non-hydrogen) atoms. The average molecular weight is 419 g/mol. The van der Waals surface area contributed by atoms with E-state index in [4.69, 9.17) is 4.99 Å². The Hall–Kier alpha value is -1.89. The summed E-state index contributed by atoms with van der Waals surface area (Å²) in [6.07, 6.45) is 5.82. The number of aliphatic imine (C=N–C) groups is 1. The Morgan fingerprint density at radius 3 is 2.66 bits per heavy atom. The van der Waals surface area contributed by atoms with Crippen LogP contribution in [-0.4, -0.2) is 46.2 Å². The largest absolute Gasteiger partial charge is 0.357 e. The molecule has 1 saturated carbocycles. The van der Waals surface area contributed by atoms with E-state index < -0.39 is 10.8 Å². The van der Waals surface area contributed by atoms with Gasteiger partial charge in [-0.3, -0.25) is 9.00 Å². The van der Waals surface area contributed by atoms with Crippen LogP contribution >= 0.6 is 0 Å². The molecule has 1 heterocycles. The lowest BCUT2D eigenvalue weighted by atomic mass is 9.95. The Balaban J connectivity index is 1.58. The van der Waals surface area contributed by atoms with Crippen molar-refractivity contribution in [3.8, 4) is 0 Å². The second-order valence-corrected chi connectivity index (χ2v) is 9.82. The van der Waals surface area contributed by atoms with Gasteiger partial charge in [0, 0.05) is 53.0 Å². The van der Waals surface area contributed by atoms with Gasteiger partial charge in [0.05, 0.1) is 6.54 Å². The summed E-state index contributed by atoms with van der Waals surface area (Å²) in [4.78, 5) is 18.5. The van der Waals surface area contributed by atoms with Crippen LogP contribution in [0, 0.1) is 0 Å². The average Bonchev–Trinajstić information content (AvgIpc) is 3.18. The molecule has 160 valence electrons. The number of carbonyl (C=O) groups excluding carboxylic acids is 1. The van der Waals surface area contributed by atoms with Crippen molar-refractivity contribution in [3.63, 3.8) is 0 Å². The van der Waals surface area contributed by atoms with Gasteiger partial charge in [0.2, 0.25) is 5.91 Å². The first-order valence-corrected chi connectivity index (χ1v) is 12.3. The molecule has 2 fully saturated rings. The van der Waals surface area contributed by atoms with Crippen molar-refractivity contribution in [3.05, 3.63) is 29.8 Å². The Morgan fingerprint density at radius 2 is 2.00 bits per heavy atom. The van der Waals surface area contributed by atoms with E-state index in [0.29, 0.717) is 24.3 Å². The van der Waals surface area contributed by atoms with Gasteiger partial charge in [-0.1, -0.05) is 25.5 Å². The zero-order chi connectivity index (χ0) is 20.6. The van der Waals surface area contributed by atoms with Gasteiger partial charge >= 0.3 is 0 Å². The maximum Gasteiger partial charge on any atom is 0.227 e. The zero-order valence-electron chi connectivity index (χ0n) is 17.7. The summed E-state index contributed by atoms with van der Waals surface area (Å²) in [5, 5.41) is 7.18. The van der Waals surface area contributed by atoms with E-state index in [-0.39, 0.29) is 5.91 Å². The van der Waals surface area contributed by atoms with Crippen LogP contribution in [0.4, 0.5) is 5.69 Å². The summed E-state index contributed by atoms with van der Waals surface area (Å²) in [5.74, 6) is 1.77. The van der Waals surface area contributed by atoms with Crippen molar-refractivity contribution in [2.24, 2.45) is 4.99 Å². The summed E-state index contributed by atoms with van der Waals surface area (Å²) in [6.45, 7) is 6.27. The molecule has 0 bridgehead atoms. The third kappa shape index (κ3) is 6.04. The highest BCUT2D eigenvalue weighted by Gasteiger charge is 2.26. The Morgan fingerprint density at radius 1 is 1.21 bits per heavy atom. The van der Waals surface area contributed by atoms with Gasteiger partial charge in [0.15, 0.2) is 5.96 Å². The van der Waals surface area contributed by atoms with Crippen molar-refractivity contribution >= 4 is 28.4 Å². The monoisotopic (exact) mass is 418 g/mol. The van der Waals surface area contributed by atoms with Crippen molar-refractivity contribution in [1.29, 1.82) is 0 Å². The maximum absolute atomic E-state index is 12.2. The fourth-order valence-electron chi connectivity index (χ4n) is 4.14. The van der Waals surface area contributed by atoms with Gasteiger partial charge in [-0.05, 0) is 50.3 Å². The third-order valence-corrected chi connectivity index (χ3v) is 7.45. The SMILES string of the molecule is CCNC(=NCc1ccc(N2CCCC2=O)cc1)NC1CCCC(S(=O)CC)C1.